The van der Waals surface area contributed by atoms with Crippen LogP contribution in [0.4, 0.5) is 15.8 Å². The molecule has 2 aromatic heterocycles. The Morgan fingerprint density at radius 2 is 1.92 bits per heavy atom. The van der Waals surface area contributed by atoms with E-state index in [0.717, 1.165) is 47.5 Å². The SMILES string of the molecule is Cc1cc(F)c(NC(O)N2CCC=C(C(C)(C)C)C2)cc1-c1cc(N2CCOCC2)c2nccn2c1. The van der Waals surface area contributed by atoms with Crippen LogP contribution in [0, 0.1) is 18.2 Å². The Kier molecular flexibility index (Phi) is 6.76. The number of benzene rings is 1. The number of aromatic nitrogens is 2. The van der Waals surface area contributed by atoms with Crippen molar-refractivity contribution in [3.05, 3.63) is 59.8 Å². The molecule has 5 rings (SSSR count). The van der Waals surface area contributed by atoms with Crippen molar-refractivity contribution < 1.29 is 14.2 Å². The van der Waals surface area contributed by atoms with Crippen LogP contribution in [0.3, 0.4) is 0 Å². The van der Waals surface area contributed by atoms with E-state index in [1.54, 1.807) is 12.3 Å². The van der Waals surface area contributed by atoms with Gasteiger partial charge in [-0.2, -0.15) is 0 Å². The highest BCUT2D eigenvalue weighted by Crippen LogP contribution is 2.34. The number of rotatable bonds is 5. The van der Waals surface area contributed by atoms with Gasteiger partial charge in [0.25, 0.3) is 0 Å². The number of morpholine rings is 1. The minimum Gasteiger partial charge on any atom is -0.378 e. The highest BCUT2D eigenvalue weighted by Gasteiger charge is 2.26. The molecule has 8 heteroatoms. The zero-order valence-corrected chi connectivity index (χ0v) is 21.6. The lowest BCUT2D eigenvalue weighted by atomic mass is 9.84. The molecular weight excluding hydrogens is 457 g/mol. The van der Waals surface area contributed by atoms with E-state index in [1.165, 1.54) is 11.6 Å². The molecule has 2 aliphatic heterocycles. The Bertz CT molecular complexity index is 1270. The molecule has 1 unspecified atom stereocenters. The summed E-state index contributed by atoms with van der Waals surface area (Å²) in [6, 6.07) is 5.46. The number of hydrogen-bond acceptors (Lipinski definition) is 6. The summed E-state index contributed by atoms with van der Waals surface area (Å²) < 4.78 is 22.6. The number of imidazole rings is 1. The standard InChI is InChI=1S/C28H36FN5O2/c1-19-14-23(29)24(31-27(35)34-8-5-6-21(18-34)28(2,3)4)16-22(19)20-15-25(32-10-12-36-13-11-32)26-30-7-9-33(26)17-20/h6-7,9,14-17,27,31,35H,5,8,10-13,18H2,1-4H3. The second-order valence-corrected chi connectivity index (χ2v) is 10.8. The van der Waals surface area contributed by atoms with E-state index >= 15 is 4.39 Å². The van der Waals surface area contributed by atoms with Crippen molar-refractivity contribution in [2.24, 2.45) is 5.41 Å². The largest absolute Gasteiger partial charge is 0.378 e. The van der Waals surface area contributed by atoms with Gasteiger partial charge in [-0.1, -0.05) is 32.4 Å². The van der Waals surface area contributed by atoms with E-state index in [9.17, 15) is 5.11 Å². The zero-order chi connectivity index (χ0) is 25.4. The van der Waals surface area contributed by atoms with E-state index in [1.807, 2.05) is 28.6 Å². The van der Waals surface area contributed by atoms with Gasteiger partial charge in [0.1, 0.15) is 5.82 Å². The molecule has 2 aliphatic rings. The van der Waals surface area contributed by atoms with Gasteiger partial charge in [-0.05, 0) is 48.1 Å². The van der Waals surface area contributed by atoms with Crippen molar-refractivity contribution in [1.29, 1.82) is 0 Å². The number of ether oxygens (including phenoxy) is 1. The lowest BCUT2D eigenvalue weighted by Crippen LogP contribution is -2.45. The van der Waals surface area contributed by atoms with Crippen molar-refractivity contribution >= 4 is 17.0 Å². The van der Waals surface area contributed by atoms with Gasteiger partial charge in [0.2, 0.25) is 0 Å². The van der Waals surface area contributed by atoms with Crippen LogP contribution in [0.25, 0.3) is 16.8 Å². The van der Waals surface area contributed by atoms with Crippen LogP contribution in [0.5, 0.6) is 0 Å². The molecule has 1 atom stereocenters. The average molecular weight is 494 g/mol. The molecule has 0 amide bonds. The summed E-state index contributed by atoms with van der Waals surface area (Å²) >= 11 is 0. The maximum absolute atomic E-state index is 15.1. The molecule has 0 radical (unpaired) electrons. The van der Waals surface area contributed by atoms with Crippen LogP contribution in [0.2, 0.25) is 0 Å². The third-order valence-electron chi connectivity index (χ3n) is 7.22. The van der Waals surface area contributed by atoms with Crippen molar-refractivity contribution in [1.82, 2.24) is 14.3 Å². The number of aryl methyl sites for hydroxylation is 1. The lowest BCUT2D eigenvalue weighted by molar-refractivity contribution is 0.0274. The van der Waals surface area contributed by atoms with Gasteiger partial charge >= 0.3 is 0 Å². The number of fused-ring (bicyclic) bond motifs is 1. The number of aliphatic hydroxyl groups excluding tert-OH is 1. The third-order valence-corrected chi connectivity index (χ3v) is 7.22. The van der Waals surface area contributed by atoms with Gasteiger partial charge in [0, 0.05) is 50.3 Å². The second-order valence-electron chi connectivity index (χ2n) is 10.8. The molecule has 3 aromatic rings. The normalized spacial score (nSPS) is 18.4. The van der Waals surface area contributed by atoms with E-state index < -0.39 is 6.35 Å². The smallest absolute Gasteiger partial charge is 0.184 e. The van der Waals surface area contributed by atoms with E-state index in [0.29, 0.717) is 26.3 Å². The van der Waals surface area contributed by atoms with Gasteiger partial charge in [-0.3, -0.25) is 4.90 Å². The maximum atomic E-state index is 15.1. The van der Waals surface area contributed by atoms with Crippen LogP contribution in [0.15, 0.2) is 48.4 Å². The Morgan fingerprint density at radius 1 is 1.14 bits per heavy atom. The summed E-state index contributed by atoms with van der Waals surface area (Å²) in [6.45, 7) is 12.8. The fourth-order valence-electron chi connectivity index (χ4n) is 5.04. The average Bonchev–Trinajstić information content (AvgIpc) is 3.34. The highest BCUT2D eigenvalue weighted by molar-refractivity contribution is 5.80. The van der Waals surface area contributed by atoms with E-state index in [4.69, 9.17) is 4.74 Å². The van der Waals surface area contributed by atoms with Gasteiger partial charge in [0.05, 0.1) is 24.6 Å². The molecule has 0 spiro atoms. The molecule has 0 saturated carbocycles. The summed E-state index contributed by atoms with van der Waals surface area (Å²) in [7, 11) is 0. The predicted octanol–water partition coefficient (Wildman–Crippen LogP) is 4.65. The lowest BCUT2D eigenvalue weighted by Gasteiger charge is -2.36. The Labute approximate surface area is 212 Å². The van der Waals surface area contributed by atoms with Gasteiger partial charge in [0.15, 0.2) is 12.0 Å². The first-order valence-electron chi connectivity index (χ1n) is 12.7. The fraction of sp³-hybridized carbons (Fsp3) is 0.464. The summed E-state index contributed by atoms with van der Waals surface area (Å²) in [6.07, 6.45) is 7.89. The minimum absolute atomic E-state index is 0.0326. The Balaban J connectivity index is 1.45. The van der Waals surface area contributed by atoms with Crippen LogP contribution < -0.4 is 10.2 Å². The molecule has 192 valence electrons. The Morgan fingerprint density at radius 3 is 2.67 bits per heavy atom. The first-order valence-corrected chi connectivity index (χ1v) is 12.7. The number of nitrogens with one attached hydrogen (secondary N) is 1. The van der Waals surface area contributed by atoms with Crippen molar-refractivity contribution in [3.63, 3.8) is 0 Å². The first kappa shape index (κ1) is 24.7. The summed E-state index contributed by atoms with van der Waals surface area (Å²) in [5.74, 6) is -0.379. The topological polar surface area (TPSA) is 65.3 Å². The third kappa shape index (κ3) is 4.98. The predicted molar refractivity (Wildman–Crippen MR) is 142 cm³/mol. The zero-order valence-electron chi connectivity index (χ0n) is 21.6. The van der Waals surface area contributed by atoms with Gasteiger partial charge in [-0.15, -0.1) is 0 Å². The quantitative estimate of drug-likeness (QED) is 0.399. The van der Waals surface area contributed by atoms with Gasteiger partial charge in [-0.25, -0.2) is 9.37 Å². The van der Waals surface area contributed by atoms with E-state index in [-0.39, 0.29) is 16.9 Å². The number of hydrogen-bond donors (Lipinski definition) is 2. The van der Waals surface area contributed by atoms with E-state index in [2.05, 4.69) is 48.1 Å². The van der Waals surface area contributed by atoms with Crippen molar-refractivity contribution in [2.45, 2.75) is 40.5 Å². The summed E-state index contributed by atoms with van der Waals surface area (Å²) in [5.41, 5.74) is 6.23. The van der Waals surface area contributed by atoms with Crippen molar-refractivity contribution in [3.8, 4) is 11.1 Å². The molecule has 36 heavy (non-hydrogen) atoms. The second kappa shape index (κ2) is 9.84. The monoisotopic (exact) mass is 493 g/mol. The van der Waals surface area contributed by atoms with Crippen LogP contribution in [0.1, 0.15) is 32.8 Å². The molecule has 0 bridgehead atoms. The molecular formula is C28H36FN5O2. The highest BCUT2D eigenvalue weighted by atomic mass is 19.1. The minimum atomic E-state index is -0.985. The molecule has 1 saturated heterocycles. The molecule has 1 aromatic carbocycles. The molecule has 1 fully saturated rings. The number of pyridine rings is 1. The number of aliphatic hydroxyl groups is 1. The fourth-order valence-corrected chi connectivity index (χ4v) is 5.04. The van der Waals surface area contributed by atoms with Crippen molar-refractivity contribution in [2.75, 3.05) is 49.6 Å². The summed E-state index contributed by atoms with van der Waals surface area (Å²) in [5, 5.41) is 14.0. The van der Waals surface area contributed by atoms with Gasteiger partial charge < -0.3 is 24.5 Å². The Hall–Kier alpha value is -2.94. The molecule has 4 heterocycles. The number of nitrogens with zero attached hydrogens (tertiary/aromatic N) is 4. The van der Waals surface area contributed by atoms with Crippen LogP contribution in [-0.4, -0.2) is 65.1 Å². The maximum Gasteiger partial charge on any atom is 0.184 e. The van der Waals surface area contributed by atoms with Crippen LogP contribution >= 0.6 is 0 Å². The molecule has 7 nitrogen and oxygen atoms in total. The summed E-state index contributed by atoms with van der Waals surface area (Å²) in [4.78, 5) is 8.80. The molecule has 2 N–H and O–H groups in total. The number of anilines is 2. The molecule has 0 aliphatic carbocycles. The van der Waals surface area contributed by atoms with Crippen LogP contribution in [-0.2, 0) is 4.74 Å². The number of halogens is 1. The first-order chi connectivity index (χ1) is 17.2.